The largest absolute Gasteiger partial charge is 0.379 e. The summed E-state index contributed by atoms with van der Waals surface area (Å²) in [5, 5.41) is 5.52. The summed E-state index contributed by atoms with van der Waals surface area (Å²) in [4.78, 5) is 11.1. The van der Waals surface area contributed by atoms with E-state index in [9.17, 15) is 4.79 Å². The minimum atomic E-state index is -0.0145. The van der Waals surface area contributed by atoms with Crippen LogP contribution in [0.3, 0.4) is 0 Å². The van der Waals surface area contributed by atoms with Crippen molar-refractivity contribution in [3.63, 3.8) is 0 Å². The van der Waals surface area contributed by atoms with E-state index in [0.717, 1.165) is 25.3 Å². The molecule has 0 aromatic carbocycles. The van der Waals surface area contributed by atoms with E-state index in [1.54, 1.807) is 7.05 Å². The minimum absolute atomic E-state index is 0.0145. The van der Waals surface area contributed by atoms with Crippen LogP contribution in [0.2, 0.25) is 0 Å². The Hall–Kier alpha value is -0.360. The van der Waals surface area contributed by atoms with Crippen molar-refractivity contribution in [2.24, 2.45) is 0 Å². The summed E-state index contributed by atoms with van der Waals surface area (Å²) in [5.74, 6) is 0.735. The summed E-state index contributed by atoms with van der Waals surface area (Å²) >= 11 is 5.58. The highest BCUT2D eigenvalue weighted by Crippen LogP contribution is 2.00. The number of hydrogen-bond acceptors (Lipinski definition) is 4. The number of carbonyl (C=O) groups excluding carboxylic acids is 1. The number of carbonyl (C=O) groups is 1. The first-order valence-electron chi connectivity index (χ1n) is 6.94. The molecular formula is C13H27ClN2O3. The summed E-state index contributed by atoms with van der Waals surface area (Å²) < 4.78 is 10.8. The van der Waals surface area contributed by atoms with Gasteiger partial charge in [0.2, 0.25) is 5.91 Å². The van der Waals surface area contributed by atoms with Gasteiger partial charge in [-0.05, 0) is 19.9 Å². The molecule has 0 aromatic rings. The first-order valence-corrected chi connectivity index (χ1v) is 7.47. The fourth-order valence-electron chi connectivity index (χ4n) is 1.46. The predicted molar refractivity (Wildman–Crippen MR) is 77.8 cm³/mol. The molecule has 0 heterocycles. The molecule has 0 atom stereocenters. The van der Waals surface area contributed by atoms with Gasteiger partial charge in [-0.3, -0.25) is 4.79 Å². The van der Waals surface area contributed by atoms with Gasteiger partial charge in [0.05, 0.1) is 26.4 Å². The molecule has 0 spiro atoms. The molecule has 0 bridgehead atoms. The van der Waals surface area contributed by atoms with Crippen molar-refractivity contribution in [1.82, 2.24) is 10.6 Å². The molecule has 0 unspecified atom stereocenters. The van der Waals surface area contributed by atoms with E-state index in [-0.39, 0.29) is 5.91 Å². The van der Waals surface area contributed by atoms with Gasteiger partial charge in [0.15, 0.2) is 0 Å². The average Bonchev–Trinajstić information content (AvgIpc) is 2.40. The van der Waals surface area contributed by atoms with Crippen molar-refractivity contribution >= 4 is 17.5 Å². The van der Waals surface area contributed by atoms with E-state index in [2.05, 4.69) is 10.6 Å². The van der Waals surface area contributed by atoms with Gasteiger partial charge in [0, 0.05) is 19.0 Å². The minimum Gasteiger partial charge on any atom is -0.379 e. The van der Waals surface area contributed by atoms with Crippen LogP contribution in [0.4, 0.5) is 0 Å². The van der Waals surface area contributed by atoms with Crippen LogP contribution in [0.1, 0.15) is 25.7 Å². The van der Waals surface area contributed by atoms with Crippen LogP contribution in [-0.2, 0) is 14.3 Å². The topological polar surface area (TPSA) is 59.6 Å². The molecule has 6 heteroatoms. The zero-order chi connectivity index (χ0) is 14.2. The molecule has 0 saturated heterocycles. The molecule has 0 saturated carbocycles. The van der Waals surface area contributed by atoms with Crippen molar-refractivity contribution in [1.29, 1.82) is 0 Å². The lowest BCUT2D eigenvalue weighted by molar-refractivity contribution is -0.120. The van der Waals surface area contributed by atoms with Gasteiger partial charge in [-0.15, -0.1) is 11.6 Å². The van der Waals surface area contributed by atoms with Crippen molar-refractivity contribution in [2.75, 3.05) is 52.4 Å². The van der Waals surface area contributed by atoms with E-state index < -0.39 is 0 Å². The summed E-state index contributed by atoms with van der Waals surface area (Å²) in [6.45, 7) is 3.37. The van der Waals surface area contributed by atoms with Crippen molar-refractivity contribution < 1.29 is 14.3 Å². The molecular weight excluding hydrogens is 268 g/mol. The van der Waals surface area contributed by atoms with Crippen LogP contribution in [0, 0.1) is 0 Å². The van der Waals surface area contributed by atoms with Crippen LogP contribution in [0.5, 0.6) is 0 Å². The average molecular weight is 295 g/mol. The standard InChI is InChI=1S/C13H27ClN2O3/c1-15-12-13(17)16-7-9-19-11-10-18-8-5-3-2-4-6-14/h15H,2-12H2,1H3,(H,16,17). The summed E-state index contributed by atoms with van der Waals surface area (Å²) in [7, 11) is 1.74. The summed E-state index contributed by atoms with van der Waals surface area (Å²) in [6, 6.07) is 0. The molecule has 0 aliphatic carbocycles. The van der Waals surface area contributed by atoms with E-state index in [0.29, 0.717) is 32.9 Å². The second-order valence-electron chi connectivity index (χ2n) is 4.21. The molecule has 5 nitrogen and oxygen atoms in total. The van der Waals surface area contributed by atoms with E-state index >= 15 is 0 Å². The van der Waals surface area contributed by atoms with Crippen LogP contribution in [0.25, 0.3) is 0 Å². The Kier molecular flexibility index (Phi) is 15.4. The Balaban J connectivity index is 3.01. The fourth-order valence-corrected chi connectivity index (χ4v) is 1.65. The lowest BCUT2D eigenvalue weighted by Crippen LogP contribution is -2.34. The SMILES string of the molecule is CNCC(=O)NCCOCCOCCCCCCCl. The van der Waals surface area contributed by atoms with Gasteiger partial charge in [0.1, 0.15) is 0 Å². The molecule has 0 aliphatic rings. The van der Waals surface area contributed by atoms with E-state index in [4.69, 9.17) is 21.1 Å². The maximum absolute atomic E-state index is 11.1. The third kappa shape index (κ3) is 15.6. The van der Waals surface area contributed by atoms with Crippen molar-refractivity contribution in [3.8, 4) is 0 Å². The van der Waals surface area contributed by atoms with E-state index in [1.165, 1.54) is 12.8 Å². The third-order valence-corrected chi connectivity index (χ3v) is 2.72. The van der Waals surface area contributed by atoms with Gasteiger partial charge in [-0.25, -0.2) is 0 Å². The van der Waals surface area contributed by atoms with Gasteiger partial charge < -0.3 is 20.1 Å². The normalized spacial score (nSPS) is 10.6. The van der Waals surface area contributed by atoms with Crippen molar-refractivity contribution in [2.45, 2.75) is 25.7 Å². The first-order chi connectivity index (χ1) is 9.31. The Morgan fingerprint density at radius 2 is 1.68 bits per heavy atom. The number of rotatable bonds is 14. The molecule has 0 fully saturated rings. The molecule has 0 radical (unpaired) electrons. The number of ether oxygens (including phenoxy) is 2. The second kappa shape index (κ2) is 15.7. The van der Waals surface area contributed by atoms with E-state index in [1.807, 2.05) is 0 Å². The molecule has 114 valence electrons. The zero-order valence-electron chi connectivity index (χ0n) is 11.9. The second-order valence-corrected chi connectivity index (χ2v) is 4.59. The zero-order valence-corrected chi connectivity index (χ0v) is 12.6. The number of hydrogen-bond donors (Lipinski definition) is 2. The number of unbranched alkanes of at least 4 members (excludes halogenated alkanes) is 3. The Morgan fingerprint density at radius 3 is 2.37 bits per heavy atom. The highest BCUT2D eigenvalue weighted by Gasteiger charge is 1.97. The molecule has 1 amide bonds. The van der Waals surface area contributed by atoms with Crippen LogP contribution in [0.15, 0.2) is 0 Å². The van der Waals surface area contributed by atoms with Crippen LogP contribution >= 0.6 is 11.6 Å². The maximum Gasteiger partial charge on any atom is 0.234 e. The van der Waals surface area contributed by atoms with Crippen LogP contribution < -0.4 is 10.6 Å². The molecule has 2 N–H and O–H groups in total. The fraction of sp³-hybridized carbons (Fsp3) is 0.923. The van der Waals surface area contributed by atoms with Gasteiger partial charge in [0.25, 0.3) is 0 Å². The number of nitrogens with one attached hydrogen (secondary N) is 2. The Bertz CT molecular complexity index is 206. The Labute approximate surface area is 121 Å². The third-order valence-electron chi connectivity index (χ3n) is 2.45. The molecule has 0 aliphatic heterocycles. The number of halogens is 1. The molecule has 0 aromatic heterocycles. The first kappa shape index (κ1) is 18.6. The number of likely N-dealkylation sites (N-methyl/N-ethyl adjacent to an activating group) is 1. The van der Waals surface area contributed by atoms with Gasteiger partial charge in [-0.1, -0.05) is 12.8 Å². The van der Waals surface area contributed by atoms with Gasteiger partial charge in [-0.2, -0.15) is 0 Å². The van der Waals surface area contributed by atoms with Crippen molar-refractivity contribution in [3.05, 3.63) is 0 Å². The van der Waals surface area contributed by atoms with Crippen LogP contribution in [-0.4, -0.2) is 58.4 Å². The summed E-state index contributed by atoms with van der Waals surface area (Å²) in [6.07, 6.45) is 4.52. The molecule has 19 heavy (non-hydrogen) atoms. The summed E-state index contributed by atoms with van der Waals surface area (Å²) in [5.41, 5.74) is 0. The highest BCUT2D eigenvalue weighted by molar-refractivity contribution is 6.17. The Morgan fingerprint density at radius 1 is 1.00 bits per heavy atom. The monoisotopic (exact) mass is 294 g/mol. The number of alkyl halides is 1. The number of amides is 1. The molecule has 0 rings (SSSR count). The lowest BCUT2D eigenvalue weighted by Gasteiger charge is -2.07. The smallest absolute Gasteiger partial charge is 0.234 e. The quantitative estimate of drug-likeness (QED) is 0.373. The lowest BCUT2D eigenvalue weighted by atomic mass is 10.2. The maximum atomic E-state index is 11.1. The predicted octanol–water partition coefficient (Wildman–Crippen LogP) is 1.15. The van der Waals surface area contributed by atoms with Gasteiger partial charge >= 0.3 is 0 Å². The highest BCUT2D eigenvalue weighted by atomic mass is 35.5.